The number of carbonyl (C=O) groups excluding carboxylic acids is 2. The molecule has 0 aliphatic rings. The van der Waals surface area contributed by atoms with Crippen molar-refractivity contribution in [3.63, 3.8) is 0 Å². The molecule has 9 nitrogen and oxygen atoms in total. The molecule has 0 aliphatic carbocycles. The highest BCUT2D eigenvalue weighted by molar-refractivity contribution is 7.87. The maximum atomic E-state index is 12.3. The Morgan fingerprint density at radius 2 is 1.28 bits per heavy atom. The van der Waals surface area contributed by atoms with E-state index in [2.05, 4.69) is 14.3 Å². The Labute approximate surface area is 281 Å². The molecule has 4 aromatic rings. The number of methoxy groups -OCH3 is 2. The second-order valence-electron chi connectivity index (χ2n) is 9.11. The standard InChI is InChI=1S/C17H16O4.C16H7Cl3N2O3S/c1-20-16(18)14-7-3-12(4-8-14)11-13-5-9-15(10-6-13)17(19)21-2;1-21-11(9-20)6-10-2-4-12(5-3-10)24-25(22,23)16-8-14(18)13(17)7-15(16)19/h3-10H,11H2,1-2H3;2-8H/b;11-6-. The van der Waals surface area contributed by atoms with Crippen LogP contribution < -0.4 is 4.18 Å². The van der Waals surface area contributed by atoms with Crippen molar-refractivity contribution in [1.29, 1.82) is 5.26 Å². The zero-order valence-electron chi connectivity index (χ0n) is 24.2. The molecule has 0 bridgehead atoms. The van der Waals surface area contributed by atoms with Crippen LogP contribution in [0.4, 0.5) is 0 Å². The van der Waals surface area contributed by atoms with Gasteiger partial charge in [0, 0.05) is 0 Å². The van der Waals surface area contributed by atoms with Crippen molar-refractivity contribution in [3.8, 4) is 11.8 Å². The average molecular weight is 698 g/mol. The average Bonchev–Trinajstić information content (AvgIpc) is 3.06. The van der Waals surface area contributed by atoms with E-state index in [4.69, 9.17) is 50.8 Å². The molecule has 0 unspecified atom stereocenters. The van der Waals surface area contributed by atoms with Crippen LogP contribution in [0.5, 0.6) is 5.75 Å². The minimum Gasteiger partial charge on any atom is -0.465 e. The van der Waals surface area contributed by atoms with Crippen LogP contribution in [0.2, 0.25) is 15.1 Å². The summed E-state index contributed by atoms with van der Waals surface area (Å²) in [4.78, 5) is 25.4. The molecule has 4 aromatic carbocycles. The van der Waals surface area contributed by atoms with Crippen molar-refractivity contribution in [1.82, 2.24) is 0 Å². The second-order valence-corrected chi connectivity index (χ2v) is 11.8. The zero-order chi connectivity index (χ0) is 33.9. The number of nitrogens with zero attached hydrogens (tertiary/aromatic N) is 2. The van der Waals surface area contributed by atoms with E-state index in [9.17, 15) is 18.0 Å². The third kappa shape index (κ3) is 9.83. The lowest BCUT2D eigenvalue weighted by molar-refractivity contribution is 0.0592. The number of benzene rings is 4. The van der Waals surface area contributed by atoms with Crippen molar-refractivity contribution >= 4 is 62.9 Å². The fourth-order valence-electron chi connectivity index (χ4n) is 3.72. The largest absolute Gasteiger partial charge is 0.465 e. The predicted octanol–water partition coefficient (Wildman–Crippen LogP) is 8.05. The highest BCUT2D eigenvalue weighted by Crippen LogP contribution is 2.33. The van der Waals surface area contributed by atoms with Gasteiger partial charge in [0.2, 0.25) is 0 Å². The maximum absolute atomic E-state index is 12.3. The third-order valence-electron chi connectivity index (χ3n) is 6.03. The van der Waals surface area contributed by atoms with Gasteiger partial charge >= 0.3 is 22.1 Å². The summed E-state index contributed by atoms with van der Waals surface area (Å²) in [6, 6.07) is 24.3. The summed E-state index contributed by atoms with van der Waals surface area (Å²) in [5, 5.41) is 8.74. The van der Waals surface area contributed by atoms with Gasteiger partial charge < -0.3 is 13.7 Å². The van der Waals surface area contributed by atoms with Gasteiger partial charge in [0.15, 0.2) is 0 Å². The lowest BCUT2D eigenvalue weighted by atomic mass is 10.0. The summed E-state index contributed by atoms with van der Waals surface area (Å²) < 4.78 is 39.0. The van der Waals surface area contributed by atoms with Crippen molar-refractivity contribution in [2.24, 2.45) is 0 Å². The lowest BCUT2D eigenvalue weighted by Crippen LogP contribution is -2.10. The van der Waals surface area contributed by atoms with Crippen LogP contribution in [0.15, 0.2) is 95.5 Å². The number of carbonyl (C=O) groups is 2. The van der Waals surface area contributed by atoms with Crippen molar-refractivity contribution in [2.75, 3.05) is 14.2 Å². The fraction of sp³-hybridized carbons (Fsp3) is 0.0909. The molecule has 0 heterocycles. The lowest BCUT2D eigenvalue weighted by Gasteiger charge is -2.09. The predicted molar refractivity (Wildman–Crippen MR) is 174 cm³/mol. The number of rotatable bonds is 8. The number of hydrogen-bond acceptors (Lipinski definition) is 8. The summed E-state index contributed by atoms with van der Waals surface area (Å²) in [6.07, 6.45) is 2.09. The Kier molecular flexibility index (Phi) is 12.8. The van der Waals surface area contributed by atoms with Gasteiger partial charge in [-0.05, 0) is 77.7 Å². The summed E-state index contributed by atoms with van der Waals surface area (Å²) >= 11 is 17.5. The molecule has 0 aromatic heterocycles. The van der Waals surface area contributed by atoms with E-state index in [1.54, 1.807) is 30.3 Å². The van der Waals surface area contributed by atoms with E-state index in [-0.39, 0.29) is 43.3 Å². The molecule has 0 fully saturated rings. The first-order chi connectivity index (χ1) is 21.9. The molecule has 0 saturated heterocycles. The van der Waals surface area contributed by atoms with E-state index in [1.165, 1.54) is 50.6 Å². The number of nitriles is 1. The number of esters is 2. The minimum atomic E-state index is -4.22. The van der Waals surface area contributed by atoms with E-state index in [0.29, 0.717) is 16.7 Å². The van der Waals surface area contributed by atoms with E-state index in [1.807, 2.05) is 24.3 Å². The molecule has 0 saturated carbocycles. The Morgan fingerprint density at radius 1 is 0.804 bits per heavy atom. The smallest absolute Gasteiger partial charge is 0.340 e. The van der Waals surface area contributed by atoms with Crippen molar-refractivity contribution < 1.29 is 31.7 Å². The van der Waals surface area contributed by atoms with Crippen LogP contribution in [0.3, 0.4) is 0 Å². The van der Waals surface area contributed by atoms with Crippen LogP contribution in [0.1, 0.15) is 37.4 Å². The summed E-state index contributed by atoms with van der Waals surface area (Å²) in [5.41, 5.74) is 3.67. The van der Waals surface area contributed by atoms with Gasteiger partial charge in [-0.25, -0.2) is 19.7 Å². The Bertz CT molecular complexity index is 1870. The normalized spacial score (nSPS) is 10.8. The van der Waals surface area contributed by atoms with Gasteiger partial charge in [0.05, 0.1) is 53.1 Å². The highest BCUT2D eigenvalue weighted by Gasteiger charge is 2.22. The quantitative estimate of drug-likeness (QED) is 0.0596. The van der Waals surface area contributed by atoms with Crippen molar-refractivity contribution in [2.45, 2.75) is 11.3 Å². The first-order valence-electron chi connectivity index (χ1n) is 12.9. The molecule has 4 rings (SSSR count). The Balaban J connectivity index is 0.000000254. The van der Waals surface area contributed by atoms with Gasteiger partial charge in [0.25, 0.3) is 5.70 Å². The van der Waals surface area contributed by atoms with Crippen LogP contribution in [-0.4, -0.2) is 34.6 Å². The fourth-order valence-corrected chi connectivity index (χ4v) is 5.63. The minimum absolute atomic E-state index is 0.0249. The summed E-state index contributed by atoms with van der Waals surface area (Å²) in [6.45, 7) is 6.81. The summed E-state index contributed by atoms with van der Waals surface area (Å²) in [7, 11) is -1.50. The Hall–Kier alpha value is -4.84. The van der Waals surface area contributed by atoms with E-state index < -0.39 is 10.1 Å². The molecule has 46 heavy (non-hydrogen) atoms. The van der Waals surface area contributed by atoms with Gasteiger partial charge in [-0.1, -0.05) is 71.2 Å². The SMILES string of the molecule is COC(=O)c1ccc(Cc2ccc(C(=O)OC)cc2)cc1.[C-]#[N+]/C(C#N)=C\c1ccc(OS(=O)(=O)c2cc(Cl)c(Cl)cc2Cl)cc1. The maximum Gasteiger partial charge on any atom is 0.340 e. The van der Waals surface area contributed by atoms with E-state index in [0.717, 1.165) is 23.6 Å². The number of allylic oxidation sites excluding steroid dienone is 1. The number of ether oxygens (including phenoxy) is 2. The molecule has 0 aliphatic heterocycles. The number of hydrogen-bond donors (Lipinski definition) is 0. The van der Waals surface area contributed by atoms with Crippen LogP contribution in [0, 0.1) is 17.9 Å². The molecule has 0 atom stereocenters. The molecule has 234 valence electrons. The van der Waals surface area contributed by atoms with Gasteiger partial charge in [-0.3, -0.25) is 0 Å². The summed E-state index contributed by atoms with van der Waals surface area (Å²) in [5.74, 6) is -0.659. The first kappa shape index (κ1) is 35.6. The topological polar surface area (TPSA) is 124 Å². The second kappa shape index (κ2) is 16.5. The monoisotopic (exact) mass is 696 g/mol. The molecular weight excluding hydrogens is 675 g/mol. The molecule has 13 heteroatoms. The molecule has 0 radical (unpaired) electrons. The van der Waals surface area contributed by atoms with Crippen LogP contribution >= 0.6 is 34.8 Å². The van der Waals surface area contributed by atoms with Gasteiger partial charge in [-0.15, -0.1) is 0 Å². The highest BCUT2D eigenvalue weighted by atomic mass is 35.5. The van der Waals surface area contributed by atoms with Crippen LogP contribution in [-0.2, 0) is 26.0 Å². The Morgan fingerprint density at radius 3 is 1.72 bits per heavy atom. The number of halogens is 3. The van der Waals surface area contributed by atoms with Gasteiger partial charge in [0.1, 0.15) is 10.6 Å². The first-order valence-corrected chi connectivity index (χ1v) is 15.5. The third-order valence-corrected chi connectivity index (χ3v) is 8.46. The molecular formula is C33H23Cl3N2O7S. The zero-order valence-corrected chi connectivity index (χ0v) is 27.2. The van der Waals surface area contributed by atoms with Gasteiger partial charge in [-0.2, -0.15) is 8.42 Å². The molecule has 0 N–H and O–H groups in total. The van der Waals surface area contributed by atoms with Crippen molar-refractivity contribution in [3.05, 3.63) is 145 Å². The van der Waals surface area contributed by atoms with E-state index >= 15 is 0 Å². The molecule has 0 amide bonds. The molecule has 0 spiro atoms. The van der Waals surface area contributed by atoms with Crippen LogP contribution in [0.25, 0.3) is 10.9 Å².